The Morgan fingerprint density at radius 3 is 2.80 bits per heavy atom. The van der Waals surface area contributed by atoms with Gasteiger partial charge in [0.15, 0.2) is 0 Å². The van der Waals surface area contributed by atoms with Gasteiger partial charge < -0.3 is 4.90 Å². The lowest BCUT2D eigenvalue weighted by Gasteiger charge is -2.20. The second-order valence-corrected chi connectivity index (χ2v) is 5.11. The second-order valence-electron chi connectivity index (χ2n) is 3.91. The van der Waals surface area contributed by atoms with E-state index in [0.29, 0.717) is 5.92 Å². The number of hydrogen-bond donors (Lipinski definition) is 0. The molecule has 0 saturated carbocycles. The SMILES string of the molecule is CC(C)CCN(C)c1nc(Cl)ncc1Br. The maximum Gasteiger partial charge on any atom is 0.224 e. The van der Waals surface area contributed by atoms with Gasteiger partial charge in [-0.15, -0.1) is 0 Å². The monoisotopic (exact) mass is 291 g/mol. The molecule has 0 aliphatic carbocycles. The molecule has 1 aromatic rings. The molecule has 15 heavy (non-hydrogen) atoms. The van der Waals surface area contributed by atoms with Crippen molar-refractivity contribution in [3.8, 4) is 0 Å². The van der Waals surface area contributed by atoms with E-state index in [2.05, 4.69) is 44.6 Å². The Kier molecular flexibility index (Phi) is 4.80. The summed E-state index contributed by atoms with van der Waals surface area (Å²) in [6, 6.07) is 0. The molecule has 0 saturated heterocycles. The van der Waals surface area contributed by atoms with Crippen molar-refractivity contribution in [3.63, 3.8) is 0 Å². The molecule has 0 bridgehead atoms. The van der Waals surface area contributed by atoms with Crippen molar-refractivity contribution in [2.75, 3.05) is 18.5 Å². The number of rotatable bonds is 4. The van der Waals surface area contributed by atoms with Crippen molar-refractivity contribution in [2.45, 2.75) is 20.3 Å². The second kappa shape index (κ2) is 5.66. The van der Waals surface area contributed by atoms with Crippen LogP contribution in [-0.4, -0.2) is 23.6 Å². The Hall–Kier alpha value is -0.350. The molecule has 0 radical (unpaired) electrons. The van der Waals surface area contributed by atoms with Crippen LogP contribution in [0.3, 0.4) is 0 Å². The highest BCUT2D eigenvalue weighted by Crippen LogP contribution is 2.23. The molecule has 0 aliphatic rings. The predicted molar refractivity (Wildman–Crippen MR) is 67.5 cm³/mol. The van der Waals surface area contributed by atoms with Crippen LogP contribution >= 0.6 is 27.5 Å². The van der Waals surface area contributed by atoms with Gasteiger partial charge in [0.25, 0.3) is 0 Å². The van der Waals surface area contributed by atoms with E-state index in [1.165, 1.54) is 0 Å². The number of aromatic nitrogens is 2. The van der Waals surface area contributed by atoms with E-state index in [4.69, 9.17) is 11.6 Å². The molecule has 1 heterocycles. The zero-order valence-electron chi connectivity index (χ0n) is 9.17. The number of nitrogens with zero attached hydrogens (tertiary/aromatic N) is 3. The quantitative estimate of drug-likeness (QED) is 0.797. The van der Waals surface area contributed by atoms with E-state index < -0.39 is 0 Å². The first-order chi connectivity index (χ1) is 7.00. The number of anilines is 1. The van der Waals surface area contributed by atoms with Gasteiger partial charge in [-0.3, -0.25) is 0 Å². The molecule has 0 aliphatic heterocycles. The van der Waals surface area contributed by atoms with E-state index >= 15 is 0 Å². The summed E-state index contributed by atoms with van der Waals surface area (Å²) < 4.78 is 0.873. The van der Waals surface area contributed by atoms with Crippen molar-refractivity contribution in [1.82, 2.24) is 9.97 Å². The van der Waals surface area contributed by atoms with Crippen LogP contribution in [0, 0.1) is 5.92 Å². The maximum atomic E-state index is 5.75. The normalized spacial score (nSPS) is 10.8. The van der Waals surface area contributed by atoms with Crippen molar-refractivity contribution >= 4 is 33.3 Å². The summed E-state index contributed by atoms with van der Waals surface area (Å²) in [5.74, 6) is 1.53. The third-order valence-electron chi connectivity index (χ3n) is 2.10. The van der Waals surface area contributed by atoms with Crippen LogP contribution in [0.15, 0.2) is 10.7 Å². The maximum absolute atomic E-state index is 5.75. The minimum absolute atomic E-state index is 0.282. The van der Waals surface area contributed by atoms with E-state index in [1.807, 2.05) is 7.05 Å². The highest BCUT2D eigenvalue weighted by Gasteiger charge is 2.09. The lowest BCUT2D eigenvalue weighted by Crippen LogP contribution is -2.21. The summed E-state index contributed by atoms with van der Waals surface area (Å²) in [6.07, 6.45) is 2.81. The Labute approximate surface area is 104 Å². The molecule has 84 valence electrons. The fourth-order valence-corrected chi connectivity index (χ4v) is 1.79. The molecule has 0 unspecified atom stereocenters. The van der Waals surface area contributed by atoms with Crippen LogP contribution < -0.4 is 4.90 Å². The Balaban J connectivity index is 2.72. The van der Waals surface area contributed by atoms with Crippen LogP contribution in [0.4, 0.5) is 5.82 Å². The molecule has 1 aromatic heterocycles. The molecule has 0 N–H and O–H groups in total. The molecule has 0 fully saturated rings. The van der Waals surface area contributed by atoms with Gasteiger partial charge in [-0.25, -0.2) is 4.98 Å². The van der Waals surface area contributed by atoms with E-state index in [9.17, 15) is 0 Å². The average Bonchev–Trinajstić information content (AvgIpc) is 2.18. The van der Waals surface area contributed by atoms with Crippen LogP contribution in [0.1, 0.15) is 20.3 Å². The summed E-state index contributed by atoms with van der Waals surface area (Å²) in [5.41, 5.74) is 0. The van der Waals surface area contributed by atoms with E-state index in [0.717, 1.165) is 23.3 Å². The third-order valence-corrected chi connectivity index (χ3v) is 2.84. The zero-order valence-corrected chi connectivity index (χ0v) is 11.5. The van der Waals surface area contributed by atoms with Crippen LogP contribution in [0.25, 0.3) is 0 Å². The fraction of sp³-hybridized carbons (Fsp3) is 0.600. The largest absolute Gasteiger partial charge is 0.359 e. The van der Waals surface area contributed by atoms with Crippen molar-refractivity contribution in [1.29, 1.82) is 0 Å². The minimum Gasteiger partial charge on any atom is -0.359 e. The molecule has 0 atom stereocenters. The summed E-state index contributed by atoms with van der Waals surface area (Å²) >= 11 is 9.17. The first-order valence-electron chi connectivity index (χ1n) is 4.90. The first-order valence-corrected chi connectivity index (χ1v) is 6.07. The number of halogens is 2. The van der Waals surface area contributed by atoms with Crippen molar-refractivity contribution < 1.29 is 0 Å². The summed E-state index contributed by atoms with van der Waals surface area (Å²) in [6.45, 7) is 5.37. The molecule has 0 aromatic carbocycles. The van der Waals surface area contributed by atoms with Crippen LogP contribution in [0.2, 0.25) is 5.28 Å². The lowest BCUT2D eigenvalue weighted by atomic mass is 10.1. The Morgan fingerprint density at radius 2 is 2.20 bits per heavy atom. The Bertz CT molecular complexity index is 330. The lowest BCUT2D eigenvalue weighted by molar-refractivity contribution is 0.583. The average molecular weight is 293 g/mol. The van der Waals surface area contributed by atoms with Gasteiger partial charge in [-0.1, -0.05) is 13.8 Å². The van der Waals surface area contributed by atoms with E-state index in [-0.39, 0.29) is 5.28 Å². The van der Waals surface area contributed by atoms with Crippen molar-refractivity contribution in [3.05, 3.63) is 16.0 Å². The summed E-state index contributed by atoms with van der Waals surface area (Å²) in [7, 11) is 2.01. The van der Waals surface area contributed by atoms with Gasteiger partial charge >= 0.3 is 0 Å². The Morgan fingerprint density at radius 1 is 1.53 bits per heavy atom. The summed E-state index contributed by atoms with van der Waals surface area (Å²) in [4.78, 5) is 10.2. The standard InChI is InChI=1S/C10H15BrClN3/c1-7(2)4-5-15(3)9-8(11)6-13-10(12)14-9/h6-7H,4-5H2,1-3H3. The first kappa shape index (κ1) is 12.7. The van der Waals surface area contributed by atoms with Crippen LogP contribution in [0.5, 0.6) is 0 Å². The van der Waals surface area contributed by atoms with Gasteiger partial charge in [0, 0.05) is 19.8 Å². The topological polar surface area (TPSA) is 29.0 Å². The fourth-order valence-electron chi connectivity index (χ4n) is 1.16. The van der Waals surface area contributed by atoms with Gasteiger partial charge in [0.1, 0.15) is 5.82 Å². The van der Waals surface area contributed by atoms with Gasteiger partial charge in [0.2, 0.25) is 5.28 Å². The number of hydrogen-bond acceptors (Lipinski definition) is 3. The molecule has 5 heteroatoms. The molecule has 1 rings (SSSR count). The van der Waals surface area contributed by atoms with E-state index in [1.54, 1.807) is 6.20 Å². The smallest absolute Gasteiger partial charge is 0.224 e. The predicted octanol–water partition coefficient (Wildman–Crippen LogP) is 3.37. The molecule has 0 amide bonds. The minimum atomic E-state index is 0.282. The zero-order chi connectivity index (χ0) is 11.4. The van der Waals surface area contributed by atoms with Crippen molar-refractivity contribution in [2.24, 2.45) is 5.92 Å². The molecule has 3 nitrogen and oxygen atoms in total. The molecule has 0 spiro atoms. The molecular formula is C10H15BrClN3. The van der Waals surface area contributed by atoms with Gasteiger partial charge in [-0.2, -0.15) is 4.98 Å². The highest BCUT2D eigenvalue weighted by molar-refractivity contribution is 9.10. The third kappa shape index (κ3) is 3.95. The van der Waals surface area contributed by atoms with Gasteiger partial charge in [0.05, 0.1) is 4.47 Å². The highest BCUT2D eigenvalue weighted by atomic mass is 79.9. The van der Waals surface area contributed by atoms with Gasteiger partial charge in [-0.05, 0) is 39.9 Å². The summed E-state index contributed by atoms with van der Waals surface area (Å²) in [5, 5.41) is 0.282. The molecular weight excluding hydrogens is 277 g/mol. The van der Waals surface area contributed by atoms with Crippen LogP contribution in [-0.2, 0) is 0 Å².